The lowest BCUT2D eigenvalue weighted by Crippen LogP contribution is -2.48. The SMILES string of the molecule is CCc1noc(CN2CCN(S(=O)(=O)c3ccc(C(C)CC)cc3)CC2)n1. The Morgan fingerprint density at radius 1 is 1.11 bits per heavy atom. The van der Waals surface area contributed by atoms with E-state index in [-0.39, 0.29) is 0 Å². The van der Waals surface area contributed by atoms with Crippen LogP contribution in [0.5, 0.6) is 0 Å². The van der Waals surface area contributed by atoms with Crippen molar-refractivity contribution < 1.29 is 12.9 Å². The predicted molar refractivity (Wildman–Crippen MR) is 103 cm³/mol. The molecule has 1 aliphatic heterocycles. The Balaban J connectivity index is 1.60. The van der Waals surface area contributed by atoms with Crippen molar-refractivity contribution in [3.63, 3.8) is 0 Å². The van der Waals surface area contributed by atoms with Gasteiger partial charge in [0.25, 0.3) is 0 Å². The van der Waals surface area contributed by atoms with Crippen LogP contribution in [0.15, 0.2) is 33.7 Å². The van der Waals surface area contributed by atoms with Crippen LogP contribution in [0.25, 0.3) is 0 Å². The first-order valence-electron chi connectivity index (χ1n) is 9.58. The van der Waals surface area contributed by atoms with Gasteiger partial charge in [0.15, 0.2) is 5.82 Å². The Bertz CT molecular complexity index is 840. The Morgan fingerprint density at radius 3 is 2.33 bits per heavy atom. The molecule has 8 heteroatoms. The van der Waals surface area contributed by atoms with E-state index in [1.54, 1.807) is 16.4 Å². The number of benzene rings is 1. The summed E-state index contributed by atoms with van der Waals surface area (Å²) in [5.74, 6) is 1.72. The van der Waals surface area contributed by atoms with Crippen molar-refractivity contribution in [2.45, 2.75) is 51.0 Å². The number of hydrogen-bond donors (Lipinski definition) is 0. The highest BCUT2D eigenvalue weighted by atomic mass is 32.2. The zero-order valence-corrected chi connectivity index (χ0v) is 17.1. The normalized spacial score (nSPS) is 17.9. The average molecular weight is 393 g/mol. The van der Waals surface area contributed by atoms with Crippen LogP contribution in [0.1, 0.15) is 50.4 Å². The van der Waals surface area contributed by atoms with Crippen LogP contribution in [0.2, 0.25) is 0 Å². The summed E-state index contributed by atoms with van der Waals surface area (Å²) < 4.78 is 32.6. The van der Waals surface area contributed by atoms with Gasteiger partial charge < -0.3 is 4.52 Å². The summed E-state index contributed by atoms with van der Waals surface area (Å²) in [6.07, 6.45) is 1.78. The second-order valence-electron chi connectivity index (χ2n) is 7.02. The molecule has 1 atom stereocenters. The van der Waals surface area contributed by atoms with Gasteiger partial charge in [-0.1, -0.05) is 38.1 Å². The number of aromatic nitrogens is 2. The highest BCUT2D eigenvalue weighted by Crippen LogP contribution is 2.23. The number of nitrogens with zero attached hydrogens (tertiary/aromatic N) is 4. The van der Waals surface area contributed by atoms with Crippen LogP contribution in [-0.2, 0) is 23.0 Å². The molecule has 3 rings (SSSR count). The molecule has 1 aliphatic rings. The third-order valence-electron chi connectivity index (χ3n) is 5.22. The van der Waals surface area contributed by atoms with Gasteiger partial charge in [0.1, 0.15) is 0 Å². The molecule has 1 aromatic carbocycles. The van der Waals surface area contributed by atoms with Crippen LogP contribution < -0.4 is 0 Å². The molecule has 0 amide bonds. The summed E-state index contributed by atoms with van der Waals surface area (Å²) in [6, 6.07) is 7.32. The summed E-state index contributed by atoms with van der Waals surface area (Å²) in [7, 11) is -3.45. The van der Waals surface area contributed by atoms with Crippen LogP contribution in [0.4, 0.5) is 0 Å². The fraction of sp³-hybridized carbons (Fsp3) is 0.579. The highest BCUT2D eigenvalue weighted by Gasteiger charge is 2.29. The first-order valence-corrected chi connectivity index (χ1v) is 11.0. The Hall–Kier alpha value is -1.77. The van der Waals surface area contributed by atoms with Crippen molar-refractivity contribution in [1.29, 1.82) is 0 Å². The zero-order valence-electron chi connectivity index (χ0n) is 16.3. The van der Waals surface area contributed by atoms with Gasteiger partial charge in [-0.05, 0) is 30.0 Å². The third-order valence-corrected chi connectivity index (χ3v) is 7.13. The van der Waals surface area contributed by atoms with E-state index in [9.17, 15) is 8.42 Å². The largest absolute Gasteiger partial charge is 0.338 e. The molecule has 0 N–H and O–H groups in total. The van der Waals surface area contributed by atoms with Crippen molar-refractivity contribution >= 4 is 10.0 Å². The molecule has 1 unspecified atom stereocenters. The van der Waals surface area contributed by atoms with Gasteiger partial charge in [-0.2, -0.15) is 9.29 Å². The second-order valence-corrected chi connectivity index (χ2v) is 8.95. The first-order chi connectivity index (χ1) is 12.9. The van der Waals surface area contributed by atoms with Gasteiger partial charge >= 0.3 is 0 Å². The van der Waals surface area contributed by atoms with E-state index in [2.05, 4.69) is 28.9 Å². The Morgan fingerprint density at radius 2 is 1.78 bits per heavy atom. The van der Waals surface area contributed by atoms with Crippen LogP contribution in [-0.4, -0.2) is 53.9 Å². The fourth-order valence-electron chi connectivity index (χ4n) is 3.17. The van der Waals surface area contributed by atoms with Gasteiger partial charge in [-0.25, -0.2) is 8.42 Å². The molecule has 1 saturated heterocycles. The van der Waals surface area contributed by atoms with Crippen molar-refractivity contribution in [2.75, 3.05) is 26.2 Å². The van der Waals surface area contributed by atoms with Crippen molar-refractivity contribution in [1.82, 2.24) is 19.3 Å². The number of sulfonamides is 1. The summed E-state index contributed by atoms with van der Waals surface area (Å²) in [4.78, 5) is 6.83. The number of piperazine rings is 1. The molecule has 0 spiro atoms. The zero-order chi connectivity index (χ0) is 19.4. The summed E-state index contributed by atoms with van der Waals surface area (Å²) in [6.45, 7) is 9.04. The molecule has 0 bridgehead atoms. The minimum absolute atomic E-state index is 0.368. The smallest absolute Gasteiger partial charge is 0.243 e. The average Bonchev–Trinajstić information content (AvgIpc) is 3.15. The van der Waals surface area contributed by atoms with Gasteiger partial charge in [0.2, 0.25) is 15.9 Å². The molecule has 1 aromatic heterocycles. The molecule has 0 saturated carbocycles. The minimum atomic E-state index is -3.45. The molecule has 27 heavy (non-hydrogen) atoms. The topological polar surface area (TPSA) is 79.5 Å². The van der Waals surface area contributed by atoms with E-state index >= 15 is 0 Å². The quantitative estimate of drug-likeness (QED) is 0.721. The summed E-state index contributed by atoms with van der Waals surface area (Å²) in [5.41, 5.74) is 1.17. The Labute approximate surface area is 161 Å². The van der Waals surface area contributed by atoms with Gasteiger partial charge in [-0.3, -0.25) is 4.90 Å². The molecule has 148 valence electrons. The number of rotatable bonds is 7. The Kier molecular flexibility index (Phi) is 6.29. The maximum atomic E-state index is 12.9. The van der Waals surface area contributed by atoms with Gasteiger partial charge in [-0.15, -0.1) is 0 Å². The van der Waals surface area contributed by atoms with Crippen molar-refractivity contribution in [3.05, 3.63) is 41.5 Å². The van der Waals surface area contributed by atoms with Crippen molar-refractivity contribution in [2.24, 2.45) is 0 Å². The van der Waals surface area contributed by atoms with Gasteiger partial charge in [0.05, 0.1) is 11.4 Å². The molecular formula is C19H28N4O3S. The molecular weight excluding hydrogens is 364 g/mol. The molecule has 2 heterocycles. The second kappa shape index (κ2) is 8.50. The summed E-state index contributed by atoms with van der Waals surface area (Å²) in [5, 5.41) is 3.90. The van der Waals surface area contributed by atoms with E-state index in [1.165, 1.54) is 5.56 Å². The van der Waals surface area contributed by atoms with E-state index in [4.69, 9.17) is 4.52 Å². The van der Waals surface area contributed by atoms with E-state index in [1.807, 2.05) is 19.1 Å². The lowest BCUT2D eigenvalue weighted by atomic mass is 9.99. The maximum absolute atomic E-state index is 12.9. The van der Waals surface area contributed by atoms with Crippen LogP contribution >= 0.6 is 0 Å². The van der Waals surface area contributed by atoms with E-state index in [0.29, 0.717) is 55.3 Å². The standard InChI is InChI=1S/C19H28N4O3S/c1-4-15(3)16-6-8-17(9-7-16)27(24,25)23-12-10-22(11-13-23)14-19-20-18(5-2)21-26-19/h6-9,15H,4-5,10-14H2,1-3H3. The first kappa shape index (κ1) is 20.0. The third kappa shape index (κ3) is 4.56. The lowest BCUT2D eigenvalue weighted by molar-refractivity contribution is 0.163. The molecule has 0 radical (unpaired) electrons. The molecule has 2 aromatic rings. The van der Waals surface area contributed by atoms with Crippen LogP contribution in [0, 0.1) is 0 Å². The summed E-state index contributed by atoms with van der Waals surface area (Å²) >= 11 is 0. The fourth-order valence-corrected chi connectivity index (χ4v) is 4.59. The predicted octanol–water partition coefficient (Wildman–Crippen LogP) is 2.65. The highest BCUT2D eigenvalue weighted by molar-refractivity contribution is 7.89. The maximum Gasteiger partial charge on any atom is 0.243 e. The molecule has 7 nitrogen and oxygen atoms in total. The van der Waals surface area contributed by atoms with Gasteiger partial charge in [0, 0.05) is 32.6 Å². The molecule has 0 aliphatic carbocycles. The lowest BCUT2D eigenvalue weighted by Gasteiger charge is -2.33. The monoisotopic (exact) mass is 392 g/mol. The van der Waals surface area contributed by atoms with E-state index in [0.717, 1.165) is 12.8 Å². The van der Waals surface area contributed by atoms with Crippen LogP contribution in [0.3, 0.4) is 0 Å². The number of hydrogen-bond acceptors (Lipinski definition) is 6. The van der Waals surface area contributed by atoms with E-state index < -0.39 is 10.0 Å². The molecule has 1 fully saturated rings. The minimum Gasteiger partial charge on any atom is -0.338 e. The number of aryl methyl sites for hydroxylation is 1. The van der Waals surface area contributed by atoms with Crippen molar-refractivity contribution in [3.8, 4) is 0 Å².